The first-order valence-corrected chi connectivity index (χ1v) is 19.2. The van der Waals surface area contributed by atoms with E-state index in [1.54, 1.807) is 14.2 Å². The maximum atomic E-state index is 13.1. The Balaban J connectivity index is 1.65. The van der Waals surface area contributed by atoms with Crippen molar-refractivity contribution in [2.45, 2.75) is 69.0 Å². The van der Waals surface area contributed by atoms with E-state index >= 15 is 0 Å². The molecule has 2 heterocycles. The van der Waals surface area contributed by atoms with Crippen LogP contribution in [0, 0.1) is 0 Å². The Hall–Kier alpha value is -4.04. The Morgan fingerprint density at radius 1 is 0.816 bits per heavy atom. The van der Waals surface area contributed by atoms with Crippen molar-refractivity contribution in [3.63, 3.8) is 0 Å². The van der Waals surface area contributed by atoms with Gasteiger partial charge in [0, 0.05) is 12.3 Å². The molecule has 1 fully saturated rings. The topological polar surface area (TPSA) is 122 Å². The third-order valence-electron chi connectivity index (χ3n) is 9.60. The molecule has 4 aromatic rings. The average molecular weight is 690 g/mol. The van der Waals surface area contributed by atoms with E-state index in [-0.39, 0.29) is 11.6 Å². The third kappa shape index (κ3) is 7.44. The summed E-state index contributed by atoms with van der Waals surface area (Å²) in [4.78, 5) is 32.9. The molecule has 0 unspecified atom stereocenters. The van der Waals surface area contributed by atoms with Gasteiger partial charge in [0.2, 0.25) is 0 Å². The van der Waals surface area contributed by atoms with Crippen molar-refractivity contribution in [1.82, 2.24) is 15.0 Å². The lowest BCUT2D eigenvalue weighted by Gasteiger charge is -2.41. The van der Waals surface area contributed by atoms with Gasteiger partial charge in [-0.25, -0.2) is 4.79 Å². The van der Waals surface area contributed by atoms with E-state index in [4.69, 9.17) is 28.2 Å². The molecule has 12 heteroatoms. The highest BCUT2D eigenvalue weighted by molar-refractivity contribution is 6.74. The van der Waals surface area contributed by atoms with Gasteiger partial charge >= 0.3 is 5.69 Å². The number of aromatic amines is 1. The van der Waals surface area contributed by atoms with Crippen LogP contribution in [0.25, 0.3) is 0 Å². The summed E-state index contributed by atoms with van der Waals surface area (Å²) in [5, 5.41) is -0.136. The molecule has 0 aliphatic carbocycles. The Bertz CT molecular complexity index is 1740. The minimum Gasteiger partial charge on any atom is -0.497 e. The largest absolute Gasteiger partial charge is 0.497 e. The van der Waals surface area contributed by atoms with Crippen molar-refractivity contribution >= 4 is 8.32 Å². The van der Waals surface area contributed by atoms with Crippen LogP contribution in [0.4, 0.5) is 0 Å². The van der Waals surface area contributed by atoms with Crippen molar-refractivity contribution in [2.75, 3.05) is 27.9 Å². The van der Waals surface area contributed by atoms with Crippen molar-refractivity contribution in [3.05, 3.63) is 129 Å². The molecule has 49 heavy (non-hydrogen) atoms. The number of hydroxylamine groups is 1. The fourth-order valence-corrected chi connectivity index (χ4v) is 7.28. The van der Waals surface area contributed by atoms with Gasteiger partial charge in [-0.2, -0.15) is 5.48 Å². The smallest absolute Gasteiger partial charge is 0.330 e. The second-order valence-corrected chi connectivity index (χ2v) is 18.3. The number of hydrogen-bond acceptors (Lipinski definition) is 9. The number of benzene rings is 3. The molecule has 0 amide bonds. The van der Waals surface area contributed by atoms with E-state index in [1.165, 1.54) is 23.9 Å². The average Bonchev–Trinajstić information content (AvgIpc) is 3.41. The van der Waals surface area contributed by atoms with Gasteiger partial charge in [-0.3, -0.25) is 14.3 Å². The van der Waals surface area contributed by atoms with Gasteiger partial charge in [0.15, 0.2) is 14.5 Å². The number of ether oxygens (including phenoxy) is 4. The summed E-state index contributed by atoms with van der Waals surface area (Å²) in [7, 11) is 2.35. The highest BCUT2D eigenvalue weighted by Crippen LogP contribution is 2.45. The monoisotopic (exact) mass is 689 g/mol. The van der Waals surface area contributed by atoms with Crippen LogP contribution in [-0.2, 0) is 24.3 Å². The number of H-pyrrole nitrogens is 1. The molecule has 1 aliphatic rings. The number of hydrogen-bond donors (Lipinski definition) is 2. The molecule has 1 saturated heterocycles. The molecule has 3 aromatic carbocycles. The second kappa shape index (κ2) is 14.8. The minimum atomic E-state index is -2.43. The first kappa shape index (κ1) is 36.2. The molecule has 0 saturated carbocycles. The zero-order valence-corrected chi connectivity index (χ0v) is 30.4. The lowest BCUT2D eigenvalue weighted by Crippen LogP contribution is -2.54. The second-order valence-electron chi connectivity index (χ2n) is 13.6. The number of aromatic nitrogens is 2. The van der Waals surface area contributed by atoms with Crippen LogP contribution >= 0.6 is 0 Å². The third-order valence-corrected chi connectivity index (χ3v) is 14.1. The zero-order valence-electron chi connectivity index (χ0n) is 29.4. The zero-order chi connectivity index (χ0) is 35.4. The van der Waals surface area contributed by atoms with E-state index in [9.17, 15) is 9.59 Å². The fraction of sp³-hybridized carbons (Fsp3) is 0.405. The molecule has 1 aromatic heterocycles. The van der Waals surface area contributed by atoms with Crippen LogP contribution in [0.5, 0.6) is 11.5 Å². The van der Waals surface area contributed by atoms with E-state index in [2.05, 4.69) is 44.3 Å². The minimum absolute atomic E-state index is 0.0583. The predicted octanol–water partition coefficient (Wildman–Crippen LogP) is 5.37. The molecule has 0 bridgehead atoms. The molecule has 1 aliphatic heterocycles. The van der Waals surface area contributed by atoms with Crippen LogP contribution in [0.15, 0.2) is 101 Å². The Morgan fingerprint density at radius 3 is 1.86 bits per heavy atom. The van der Waals surface area contributed by atoms with E-state index < -0.39 is 49.6 Å². The van der Waals surface area contributed by atoms with Gasteiger partial charge in [-0.15, -0.1) is 0 Å². The van der Waals surface area contributed by atoms with Gasteiger partial charge < -0.3 is 28.2 Å². The van der Waals surface area contributed by atoms with Crippen molar-refractivity contribution in [3.8, 4) is 11.5 Å². The molecule has 2 N–H and O–H groups in total. The molecule has 5 rings (SSSR count). The number of nitrogens with one attached hydrogen (secondary N) is 2. The molecule has 0 radical (unpaired) electrons. The fourth-order valence-electron chi connectivity index (χ4n) is 5.94. The van der Waals surface area contributed by atoms with Gasteiger partial charge in [-0.1, -0.05) is 75.4 Å². The predicted molar refractivity (Wildman–Crippen MR) is 189 cm³/mol. The molecular formula is C37H47N3O8Si. The van der Waals surface area contributed by atoms with Crippen molar-refractivity contribution in [2.24, 2.45) is 0 Å². The van der Waals surface area contributed by atoms with Gasteiger partial charge in [0.1, 0.15) is 29.2 Å². The van der Waals surface area contributed by atoms with Crippen LogP contribution in [0.3, 0.4) is 0 Å². The highest BCUT2D eigenvalue weighted by Gasteiger charge is 2.52. The molecule has 4 atom stereocenters. The van der Waals surface area contributed by atoms with Gasteiger partial charge in [-0.05, 0) is 59.1 Å². The summed E-state index contributed by atoms with van der Waals surface area (Å²) in [6.45, 7) is 10.9. The first-order chi connectivity index (χ1) is 23.3. The van der Waals surface area contributed by atoms with E-state index in [0.717, 1.165) is 16.7 Å². The molecule has 262 valence electrons. The summed E-state index contributed by atoms with van der Waals surface area (Å²) in [5.41, 5.74) is 3.45. The number of rotatable bonds is 13. The van der Waals surface area contributed by atoms with Gasteiger partial charge in [0.25, 0.3) is 5.56 Å². The first-order valence-electron chi connectivity index (χ1n) is 16.3. The highest BCUT2D eigenvalue weighted by atomic mass is 28.4. The van der Waals surface area contributed by atoms with E-state index in [1.807, 2.05) is 78.9 Å². The van der Waals surface area contributed by atoms with Gasteiger partial charge in [0.05, 0.1) is 34.0 Å². The summed E-state index contributed by atoms with van der Waals surface area (Å²) in [6, 6.07) is 26.3. The summed E-state index contributed by atoms with van der Waals surface area (Å²) in [6.07, 6.45) is -0.748. The number of nitrogens with zero attached hydrogens (tertiary/aromatic N) is 1. The van der Waals surface area contributed by atoms with Crippen LogP contribution in [-0.4, -0.2) is 64.1 Å². The van der Waals surface area contributed by atoms with Crippen molar-refractivity contribution < 1.29 is 28.2 Å². The van der Waals surface area contributed by atoms with E-state index in [0.29, 0.717) is 11.5 Å². The Morgan fingerprint density at radius 2 is 1.37 bits per heavy atom. The van der Waals surface area contributed by atoms with Crippen LogP contribution in [0.2, 0.25) is 18.1 Å². The summed E-state index contributed by atoms with van der Waals surface area (Å²) < 4.78 is 33.3. The van der Waals surface area contributed by atoms with Crippen LogP contribution < -0.4 is 26.2 Å². The quantitative estimate of drug-likeness (QED) is 0.108. The summed E-state index contributed by atoms with van der Waals surface area (Å²) >= 11 is 0. The maximum Gasteiger partial charge on any atom is 0.330 e. The Kier molecular flexibility index (Phi) is 11.0. The molecule has 0 spiro atoms. The lowest BCUT2D eigenvalue weighted by molar-refractivity contribution is -0.0940. The number of methoxy groups -OCH3 is 2. The SMILES string of the molecule is CON[C@@H]1[C@H](O[Si](C)(C)C(C)(C)C)[C@@H](COC(c2ccccc2)(c2ccc(OC)cc2)c2ccc(OC)cc2)O[C@H]1n1ccc(=O)[nH]c1=O. The normalized spacial score (nSPS) is 19.9. The molecular weight excluding hydrogens is 643 g/mol. The summed E-state index contributed by atoms with van der Waals surface area (Å²) in [5.74, 6) is 1.43. The Labute approximate surface area is 288 Å². The van der Waals surface area contributed by atoms with Crippen LogP contribution in [0.1, 0.15) is 43.7 Å². The van der Waals surface area contributed by atoms with Crippen molar-refractivity contribution in [1.29, 1.82) is 0 Å². The molecule has 11 nitrogen and oxygen atoms in total. The lowest BCUT2D eigenvalue weighted by atomic mass is 9.80. The standard InChI is InChI=1S/C37H47N3O8Si/c1-36(2,3)49(7,8)48-33-30(47-34(32(33)39-45-6)40-23-22-31(41)38-35(40)42)24-46-37(25-12-10-9-11-13-25,26-14-18-28(43-4)19-15-26)27-16-20-29(44-5)21-17-27/h9-23,30,32-34,39H,24H2,1-8H3,(H,38,41,42)/t30-,32-,33-,34-/m1/s1. The maximum absolute atomic E-state index is 13.1.